The Morgan fingerprint density at radius 1 is 1.11 bits per heavy atom. The van der Waals surface area contributed by atoms with Gasteiger partial charge in [0.1, 0.15) is 11.1 Å². The van der Waals surface area contributed by atoms with Crippen LogP contribution in [-0.2, 0) is 17.8 Å². The molecule has 0 radical (unpaired) electrons. The van der Waals surface area contributed by atoms with Crippen molar-refractivity contribution < 1.29 is 4.74 Å². The first-order chi connectivity index (χ1) is 13.6. The fourth-order valence-electron chi connectivity index (χ4n) is 3.91. The maximum Gasteiger partial charge on any atom is 0.146 e. The van der Waals surface area contributed by atoms with Crippen molar-refractivity contribution in [1.29, 1.82) is 5.41 Å². The average Bonchev–Trinajstić information content (AvgIpc) is 2.96. The molecule has 0 aromatic carbocycles. The molecule has 0 spiro atoms. The Bertz CT molecular complexity index is 1000. The zero-order valence-electron chi connectivity index (χ0n) is 16.7. The molecule has 28 heavy (non-hydrogen) atoms. The summed E-state index contributed by atoms with van der Waals surface area (Å²) >= 11 is 0. The summed E-state index contributed by atoms with van der Waals surface area (Å²) in [6, 6.07) is 4.05. The summed E-state index contributed by atoms with van der Waals surface area (Å²) in [5, 5.41) is 9.72. The second kappa shape index (κ2) is 8.24. The van der Waals surface area contributed by atoms with E-state index in [0.29, 0.717) is 5.49 Å². The van der Waals surface area contributed by atoms with Gasteiger partial charge in [-0.1, -0.05) is 0 Å². The molecular formula is C21H28N6O. The maximum atomic E-state index is 8.76. The van der Waals surface area contributed by atoms with E-state index in [1.807, 2.05) is 35.4 Å². The van der Waals surface area contributed by atoms with Crippen molar-refractivity contribution in [2.24, 2.45) is 0 Å². The van der Waals surface area contributed by atoms with Crippen molar-refractivity contribution in [3.05, 3.63) is 53.2 Å². The topological polar surface area (TPSA) is 72.0 Å². The Morgan fingerprint density at radius 3 is 2.61 bits per heavy atom. The van der Waals surface area contributed by atoms with Crippen LogP contribution in [0.2, 0.25) is 0 Å². The van der Waals surface area contributed by atoms with E-state index in [-0.39, 0.29) is 0 Å². The van der Waals surface area contributed by atoms with Crippen molar-refractivity contribution >= 4 is 11.0 Å². The van der Waals surface area contributed by atoms with Gasteiger partial charge in [-0.05, 0) is 43.5 Å². The highest BCUT2D eigenvalue weighted by Gasteiger charge is 2.16. The average molecular weight is 380 g/mol. The first-order valence-corrected chi connectivity index (χ1v) is 9.93. The second-order valence-electron chi connectivity index (χ2n) is 7.44. The number of hydrogen-bond donors (Lipinski definition) is 1. The summed E-state index contributed by atoms with van der Waals surface area (Å²) in [6.45, 7) is 10.5. The van der Waals surface area contributed by atoms with Gasteiger partial charge in [-0.3, -0.25) is 15.3 Å². The van der Waals surface area contributed by atoms with Gasteiger partial charge in [0.25, 0.3) is 0 Å². The molecule has 3 aromatic rings. The van der Waals surface area contributed by atoms with Crippen LogP contribution in [0.3, 0.4) is 0 Å². The molecule has 0 amide bonds. The Kier molecular flexibility index (Phi) is 5.54. The van der Waals surface area contributed by atoms with E-state index < -0.39 is 0 Å². The third-order valence-electron chi connectivity index (χ3n) is 5.71. The van der Waals surface area contributed by atoms with Crippen LogP contribution in [0.5, 0.6) is 0 Å². The Labute approximate surface area is 165 Å². The largest absolute Gasteiger partial charge is 0.379 e. The lowest BCUT2D eigenvalue weighted by molar-refractivity contribution is 0.0369. The van der Waals surface area contributed by atoms with Gasteiger partial charge in [0.15, 0.2) is 0 Å². The van der Waals surface area contributed by atoms with Gasteiger partial charge in [0, 0.05) is 50.8 Å². The van der Waals surface area contributed by atoms with Crippen LogP contribution in [0.25, 0.3) is 11.0 Å². The summed E-state index contributed by atoms with van der Waals surface area (Å²) in [5.41, 5.74) is 4.94. The van der Waals surface area contributed by atoms with E-state index in [4.69, 9.17) is 15.1 Å². The highest BCUT2D eigenvalue weighted by molar-refractivity contribution is 5.80. The van der Waals surface area contributed by atoms with Crippen molar-refractivity contribution in [2.45, 2.75) is 33.4 Å². The molecule has 148 valence electrons. The van der Waals surface area contributed by atoms with E-state index in [0.717, 1.165) is 69.0 Å². The minimum absolute atomic E-state index is 0.557. The minimum atomic E-state index is 0.557. The normalized spacial score (nSPS) is 15.4. The first kappa shape index (κ1) is 18.8. The van der Waals surface area contributed by atoms with Gasteiger partial charge in [-0.2, -0.15) is 0 Å². The molecule has 4 rings (SSSR count). The SMILES string of the molecule is Cc1c(C)n(Cc2ccncc2)c2ncn(CCCN3CCOCC3)c(=N)c12. The number of morpholine rings is 1. The van der Waals surface area contributed by atoms with Crippen LogP contribution >= 0.6 is 0 Å². The fourth-order valence-corrected chi connectivity index (χ4v) is 3.91. The Morgan fingerprint density at radius 2 is 1.86 bits per heavy atom. The van der Waals surface area contributed by atoms with Gasteiger partial charge in [0.2, 0.25) is 0 Å². The van der Waals surface area contributed by atoms with Crippen molar-refractivity contribution in [1.82, 2.24) is 24.0 Å². The number of nitrogens with zero attached hydrogens (tertiary/aromatic N) is 5. The van der Waals surface area contributed by atoms with E-state index in [1.54, 1.807) is 0 Å². The smallest absolute Gasteiger partial charge is 0.146 e. The number of ether oxygens (including phenoxy) is 1. The number of aromatic nitrogens is 4. The van der Waals surface area contributed by atoms with Crippen molar-refractivity contribution in [2.75, 3.05) is 32.8 Å². The van der Waals surface area contributed by atoms with Crippen LogP contribution in [-0.4, -0.2) is 56.9 Å². The molecular weight excluding hydrogens is 352 g/mol. The minimum Gasteiger partial charge on any atom is -0.379 e. The monoisotopic (exact) mass is 380 g/mol. The predicted molar refractivity (Wildman–Crippen MR) is 108 cm³/mol. The first-order valence-electron chi connectivity index (χ1n) is 9.93. The van der Waals surface area contributed by atoms with Gasteiger partial charge < -0.3 is 13.9 Å². The van der Waals surface area contributed by atoms with Gasteiger partial charge in [-0.25, -0.2) is 4.98 Å². The molecule has 1 aliphatic heterocycles. The summed E-state index contributed by atoms with van der Waals surface area (Å²) in [5.74, 6) is 0. The summed E-state index contributed by atoms with van der Waals surface area (Å²) in [7, 11) is 0. The van der Waals surface area contributed by atoms with E-state index in [1.165, 1.54) is 11.3 Å². The standard InChI is InChI=1S/C21H28N6O/c1-16-17(2)27(14-18-4-6-23-7-5-18)21-19(16)20(22)26(15-24-21)9-3-8-25-10-12-28-13-11-25/h4-7,15,22H,3,8-14H2,1-2H3. The quantitative estimate of drug-likeness (QED) is 0.711. The Hall–Kier alpha value is -2.51. The van der Waals surface area contributed by atoms with Gasteiger partial charge in [-0.15, -0.1) is 0 Å². The number of rotatable bonds is 6. The van der Waals surface area contributed by atoms with Crippen LogP contribution in [0.15, 0.2) is 30.9 Å². The second-order valence-corrected chi connectivity index (χ2v) is 7.44. The molecule has 7 heteroatoms. The zero-order valence-corrected chi connectivity index (χ0v) is 16.7. The molecule has 1 aliphatic rings. The number of aryl methyl sites for hydroxylation is 2. The zero-order chi connectivity index (χ0) is 19.5. The fraction of sp³-hybridized carbons (Fsp3) is 0.476. The molecule has 0 aliphatic carbocycles. The molecule has 1 saturated heterocycles. The summed E-state index contributed by atoms with van der Waals surface area (Å²) < 4.78 is 9.59. The van der Waals surface area contributed by atoms with E-state index >= 15 is 0 Å². The van der Waals surface area contributed by atoms with Gasteiger partial charge in [0.05, 0.1) is 24.9 Å². The molecule has 0 saturated carbocycles. The number of hydrogen-bond acceptors (Lipinski definition) is 5. The van der Waals surface area contributed by atoms with Crippen LogP contribution in [0.4, 0.5) is 0 Å². The molecule has 1 fully saturated rings. The lowest BCUT2D eigenvalue weighted by Gasteiger charge is -2.26. The molecule has 1 N–H and O–H groups in total. The summed E-state index contributed by atoms with van der Waals surface area (Å²) in [4.78, 5) is 11.3. The third-order valence-corrected chi connectivity index (χ3v) is 5.71. The third kappa shape index (κ3) is 3.72. The lowest BCUT2D eigenvalue weighted by atomic mass is 10.2. The van der Waals surface area contributed by atoms with Gasteiger partial charge >= 0.3 is 0 Å². The summed E-state index contributed by atoms with van der Waals surface area (Å²) in [6.07, 6.45) is 6.47. The van der Waals surface area contributed by atoms with Crippen molar-refractivity contribution in [3.63, 3.8) is 0 Å². The highest BCUT2D eigenvalue weighted by atomic mass is 16.5. The molecule has 7 nitrogen and oxygen atoms in total. The molecule has 3 aromatic heterocycles. The maximum absolute atomic E-state index is 8.76. The van der Waals surface area contributed by atoms with Crippen molar-refractivity contribution in [3.8, 4) is 0 Å². The molecule has 4 heterocycles. The van der Waals surface area contributed by atoms with E-state index in [9.17, 15) is 0 Å². The highest BCUT2D eigenvalue weighted by Crippen LogP contribution is 2.21. The van der Waals surface area contributed by atoms with Crippen LogP contribution < -0.4 is 5.49 Å². The molecule has 0 atom stereocenters. The number of pyridine rings is 1. The molecule has 0 unspecified atom stereocenters. The van der Waals surface area contributed by atoms with Crippen LogP contribution in [0.1, 0.15) is 23.2 Å². The molecule has 0 bridgehead atoms. The number of nitrogens with one attached hydrogen (secondary N) is 1. The lowest BCUT2D eigenvalue weighted by Crippen LogP contribution is -2.37. The van der Waals surface area contributed by atoms with E-state index in [2.05, 4.69) is 28.3 Å². The Balaban J connectivity index is 1.57. The van der Waals surface area contributed by atoms with Crippen LogP contribution in [0, 0.1) is 19.3 Å². The number of fused-ring (bicyclic) bond motifs is 1. The predicted octanol–water partition coefficient (Wildman–Crippen LogP) is 2.10.